The molecule has 0 amide bonds. The van der Waals surface area contributed by atoms with Crippen LogP contribution in [0, 0.1) is 6.92 Å². The molecular formula is C15H18N2O. The van der Waals surface area contributed by atoms with Crippen LogP contribution < -0.4 is 4.74 Å². The quantitative estimate of drug-likeness (QED) is 0.806. The van der Waals surface area contributed by atoms with E-state index in [-0.39, 0.29) is 5.60 Å². The number of aryl methyl sites for hydroxylation is 1. The molecule has 18 heavy (non-hydrogen) atoms. The normalized spacial score (nSPS) is 11.3. The predicted molar refractivity (Wildman–Crippen MR) is 72.6 cm³/mol. The lowest BCUT2D eigenvalue weighted by Gasteiger charge is -2.22. The van der Waals surface area contributed by atoms with Crippen molar-refractivity contribution in [1.29, 1.82) is 0 Å². The van der Waals surface area contributed by atoms with Crippen LogP contribution in [0.2, 0.25) is 0 Å². The summed E-state index contributed by atoms with van der Waals surface area (Å²) in [7, 11) is 0. The summed E-state index contributed by atoms with van der Waals surface area (Å²) in [5, 5.41) is 0. The Bertz CT molecular complexity index is 530. The van der Waals surface area contributed by atoms with Crippen molar-refractivity contribution in [1.82, 2.24) is 9.97 Å². The lowest BCUT2D eigenvalue weighted by atomic mass is 10.1. The summed E-state index contributed by atoms with van der Waals surface area (Å²) < 4.78 is 5.89. The zero-order valence-corrected chi connectivity index (χ0v) is 11.3. The van der Waals surface area contributed by atoms with Gasteiger partial charge in [-0.25, -0.2) is 0 Å². The molecule has 0 N–H and O–H groups in total. The first-order valence-electron chi connectivity index (χ1n) is 6.02. The highest BCUT2D eigenvalue weighted by Gasteiger charge is 2.13. The molecule has 0 fully saturated rings. The van der Waals surface area contributed by atoms with Gasteiger partial charge in [-0.2, -0.15) is 0 Å². The molecule has 3 nitrogen and oxygen atoms in total. The third-order valence-corrected chi connectivity index (χ3v) is 2.45. The summed E-state index contributed by atoms with van der Waals surface area (Å²) in [6.07, 6.45) is 5.14. The fraction of sp³-hybridized carbons (Fsp3) is 0.333. The zero-order chi connectivity index (χ0) is 13.2. The minimum atomic E-state index is -0.182. The average molecular weight is 242 g/mol. The summed E-state index contributed by atoms with van der Waals surface area (Å²) in [5.41, 5.74) is 2.86. The van der Waals surface area contributed by atoms with Crippen LogP contribution in [0.1, 0.15) is 26.3 Å². The smallest absolute Gasteiger partial charge is 0.123 e. The van der Waals surface area contributed by atoms with Crippen LogP contribution in [-0.2, 0) is 0 Å². The molecule has 94 valence electrons. The van der Waals surface area contributed by atoms with Gasteiger partial charge in [0, 0.05) is 18.0 Å². The predicted octanol–water partition coefficient (Wildman–Crippen LogP) is 3.63. The van der Waals surface area contributed by atoms with Crippen LogP contribution in [0.4, 0.5) is 0 Å². The summed E-state index contributed by atoms with van der Waals surface area (Å²) >= 11 is 0. The van der Waals surface area contributed by atoms with Crippen molar-refractivity contribution in [3.63, 3.8) is 0 Å². The van der Waals surface area contributed by atoms with E-state index < -0.39 is 0 Å². The Morgan fingerprint density at radius 2 is 1.89 bits per heavy atom. The van der Waals surface area contributed by atoms with Crippen molar-refractivity contribution < 1.29 is 4.74 Å². The first-order valence-corrected chi connectivity index (χ1v) is 6.02. The summed E-state index contributed by atoms with van der Waals surface area (Å²) in [6, 6.07) is 6.08. The van der Waals surface area contributed by atoms with E-state index in [9.17, 15) is 0 Å². The third kappa shape index (κ3) is 3.06. The van der Waals surface area contributed by atoms with Crippen LogP contribution in [-0.4, -0.2) is 15.6 Å². The molecule has 0 saturated heterocycles. The van der Waals surface area contributed by atoms with E-state index in [0.717, 1.165) is 22.6 Å². The summed E-state index contributed by atoms with van der Waals surface area (Å²) in [4.78, 5) is 8.37. The number of hydrogen-bond donors (Lipinski definition) is 0. The molecule has 1 aromatic heterocycles. The Morgan fingerprint density at radius 1 is 1.11 bits per heavy atom. The van der Waals surface area contributed by atoms with Crippen molar-refractivity contribution in [3.05, 3.63) is 42.4 Å². The molecule has 0 aliphatic heterocycles. The highest BCUT2D eigenvalue weighted by Crippen LogP contribution is 2.27. The van der Waals surface area contributed by atoms with Crippen LogP contribution in [0.3, 0.4) is 0 Å². The van der Waals surface area contributed by atoms with Gasteiger partial charge in [0.25, 0.3) is 0 Å². The largest absolute Gasteiger partial charge is 0.488 e. The van der Waals surface area contributed by atoms with Gasteiger partial charge in [0.2, 0.25) is 0 Å². The lowest BCUT2D eigenvalue weighted by molar-refractivity contribution is 0.130. The Labute approximate surface area is 108 Å². The van der Waals surface area contributed by atoms with Crippen LogP contribution in [0.15, 0.2) is 36.8 Å². The van der Waals surface area contributed by atoms with Gasteiger partial charge in [0.1, 0.15) is 11.4 Å². The van der Waals surface area contributed by atoms with E-state index in [4.69, 9.17) is 4.74 Å². The Hall–Kier alpha value is -1.90. The van der Waals surface area contributed by atoms with E-state index in [2.05, 4.69) is 16.0 Å². The van der Waals surface area contributed by atoms with E-state index in [1.807, 2.05) is 39.8 Å². The van der Waals surface area contributed by atoms with Crippen molar-refractivity contribution >= 4 is 0 Å². The summed E-state index contributed by atoms with van der Waals surface area (Å²) in [5.74, 6) is 0.912. The second kappa shape index (κ2) is 4.77. The van der Waals surface area contributed by atoms with Crippen molar-refractivity contribution in [2.75, 3.05) is 0 Å². The molecule has 0 radical (unpaired) electrons. The fourth-order valence-electron chi connectivity index (χ4n) is 1.70. The maximum absolute atomic E-state index is 5.89. The highest BCUT2D eigenvalue weighted by atomic mass is 16.5. The first kappa shape index (κ1) is 12.6. The zero-order valence-electron chi connectivity index (χ0n) is 11.3. The van der Waals surface area contributed by atoms with Crippen LogP contribution in [0.25, 0.3) is 11.3 Å². The molecule has 1 heterocycles. The molecule has 1 aromatic carbocycles. The standard InChI is InChI=1S/C15H18N2O/c1-11-9-12(13-10-16-7-8-17-13)5-6-14(11)18-15(2,3)4/h5-10H,1-4H3. The molecule has 0 unspecified atom stereocenters. The third-order valence-electron chi connectivity index (χ3n) is 2.45. The van der Waals surface area contributed by atoms with Gasteiger partial charge in [-0.1, -0.05) is 0 Å². The monoisotopic (exact) mass is 242 g/mol. The van der Waals surface area contributed by atoms with Gasteiger partial charge >= 0.3 is 0 Å². The van der Waals surface area contributed by atoms with E-state index in [0.29, 0.717) is 0 Å². The molecule has 3 heteroatoms. The summed E-state index contributed by atoms with van der Waals surface area (Å²) in [6.45, 7) is 8.18. The lowest BCUT2D eigenvalue weighted by Crippen LogP contribution is -2.23. The van der Waals surface area contributed by atoms with Crippen LogP contribution >= 0.6 is 0 Å². The molecule has 0 spiro atoms. The first-order chi connectivity index (χ1) is 8.46. The highest BCUT2D eigenvalue weighted by molar-refractivity contribution is 5.60. The molecule has 0 aliphatic rings. The number of aromatic nitrogens is 2. The van der Waals surface area contributed by atoms with E-state index >= 15 is 0 Å². The molecule has 0 saturated carbocycles. The number of benzene rings is 1. The maximum atomic E-state index is 5.89. The van der Waals surface area contributed by atoms with Gasteiger partial charge in [-0.3, -0.25) is 9.97 Å². The molecule has 0 aliphatic carbocycles. The fourth-order valence-corrected chi connectivity index (χ4v) is 1.70. The second-order valence-electron chi connectivity index (χ2n) is 5.29. The maximum Gasteiger partial charge on any atom is 0.123 e. The van der Waals surface area contributed by atoms with E-state index in [1.165, 1.54) is 0 Å². The molecule has 0 atom stereocenters. The molecule has 2 aromatic rings. The minimum Gasteiger partial charge on any atom is -0.488 e. The van der Waals surface area contributed by atoms with Gasteiger partial charge in [0.05, 0.1) is 11.9 Å². The number of ether oxygens (including phenoxy) is 1. The van der Waals surface area contributed by atoms with Crippen molar-refractivity contribution in [2.24, 2.45) is 0 Å². The van der Waals surface area contributed by atoms with Gasteiger partial charge in [0.15, 0.2) is 0 Å². The van der Waals surface area contributed by atoms with Crippen molar-refractivity contribution in [3.8, 4) is 17.0 Å². The van der Waals surface area contributed by atoms with Crippen molar-refractivity contribution in [2.45, 2.75) is 33.3 Å². The Kier molecular flexibility index (Phi) is 3.32. The molecule has 2 rings (SSSR count). The molecule has 0 bridgehead atoms. The van der Waals surface area contributed by atoms with Gasteiger partial charge in [-0.05, 0) is 51.5 Å². The average Bonchev–Trinajstić information content (AvgIpc) is 2.31. The second-order valence-corrected chi connectivity index (χ2v) is 5.29. The van der Waals surface area contributed by atoms with Crippen LogP contribution in [0.5, 0.6) is 5.75 Å². The van der Waals surface area contributed by atoms with Gasteiger partial charge < -0.3 is 4.74 Å². The Morgan fingerprint density at radius 3 is 2.44 bits per heavy atom. The minimum absolute atomic E-state index is 0.182. The number of hydrogen-bond acceptors (Lipinski definition) is 3. The topological polar surface area (TPSA) is 35.0 Å². The Balaban J connectivity index is 2.31. The number of nitrogens with zero attached hydrogens (tertiary/aromatic N) is 2. The number of rotatable bonds is 2. The molecular weight excluding hydrogens is 224 g/mol. The van der Waals surface area contributed by atoms with E-state index in [1.54, 1.807) is 18.6 Å². The van der Waals surface area contributed by atoms with Gasteiger partial charge in [-0.15, -0.1) is 0 Å². The SMILES string of the molecule is Cc1cc(-c2cnccn2)ccc1OC(C)(C)C.